The van der Waals surface area contributed by atoms with E-state index in [1.54, 1.807) is 4.57 Å². The van der Waals surface area contributed by atoms with Gasteiger partial charge < -0.3 is 15.2 Å². The van der Waals surface area contributed by atoms with Crippen molar-refractivity contribution in [2.75, 3.05) is 25.4 Å². The van der Waals surface area contributed by atoms with Crippen LogP contribution in [0.5, 0.6) is 0 Å². The summed E-state index contributed by atoms with van der Waals surface area (Å²) < 4.78 is 39.2. The van der Waals surface area contributed by atoms with Gasteiger partial charge in [-0.15, -0.1) is 12.4 Å². The zero-order valence-electron chi connectivity index (χ0n) is 16.1. The Balaban J connectivity index is 0.00000256. The minimum absolute atomic E-state index is 0. The van der Waals surface area contributed by atoms with Gasteiger partial charge in [-0.05, 0) is 55.3 Å². The zero-order chi connectivity index (χ0) is 20.6. The molecule has 7 nitrogen and oxygen atoms in total. The first-order valence-corrected chi connectivity index (χ1v) is 11.2. The van der Waals surface area contributed by atoms with Gasteiger partial charge in [0.2, 0.25) is 0 Å². The van der Waals surface area contributed by atoms with Crippen LogP contribution in [0.25, 0.3) is 0 Å². The first-order chi connectivity index (χ1) is 13.8. The van der Waals surface area contributed by atoms with Gasteiger partial charge in [0.15, 0.2) is 9.84 Å². The smallest absolute Gasteiger partial charge is 0.263 e. The molecule has 2 aliphatic rings. The molecule has 1 saturated heterocycles. The first kappa shape index (κ1) is 22.5. The van der Waals surface area contributed by atoms with Crippen LogP contribution in [0.1, 0.15) is 28.4 Å². The number of sulfone groups is 1. The lowest BCUT2D eigenvalue weighted by Crippen LogP contribution is -2.46. The van der Waals surface area contributed by atoms with Crippen LogP contribution in [0.4, 0.5) is 4.39 Å². The normalized spacial score (nSPS) is 20.0. The largest absolute Gasteiger partial charge is 0.351 e. The Kier molecular flexibility index (Phi) is 6.64. The zero-order valence-corrected chi connectivity index (χ0v) is 17.8. The second kappa shape index (κ2) is 8.87. The summed E-state index contributed by atoms with van der Waals surface area (Å²) in [5, 5.41) is 5.89. The summed E-state index contributed by atoms with van der Waals surface area (Å²) in [5.41, 5.74) is 0.618. The lowest BCUT2D eigenvalue weighted by molar-refractivity contribution is 0.0953. The Hall–Kier alpha value is -2.23. The highest BCUT2D eigenvalue weighted by Crippen LogP contribution is 2.31. The Morgan fingerprint density at radius 1 is 1.17 bits per heavy atom. The van der Waals surface area contributed by atoms with Gasteiger partial charge in [0, 0.05) is 31.2 Å². The van der Waals surface area contributed by atoms with E-state index in [-0.39, 0.29) is 46.6 Å². The number of benzene rings is 1. The summed E-state index contributed by atoms with van der Waals surface area (Å²) in [4.78, 5) is 25.3. The molecule has 0 unspecified atom stereocenters. The van der Waals surface area contributed by atoms with Gasteiger partial charge in [0.1, 0.15) is 11.4 Å². The van der Waals surface area contributed by atoms with E-state index in [9.17, 15) is 22.4 Å². The topological polar surface area (TPSA) is 97.3 Å². The molecular formula is C20H23ClFN3O4S. The van der Waals surface area contributed by atoms with E-state index in [2.05, 4.69) is 10.6 Å². The van der Waals surface area contributed by atoms with E-state index in [1.807, 2.05) is 6.07 Å². The number of hydrogen-bond acceptors (Lipinski definition) is 5. The van der Waals surface area contributed by atoms with Crippen molar-refractivity contribution in [2.24, 2.45) is 5.92 Å². The van der Waals surface area contributed by atoms with E-state index in [0.29, 0.717) is 12.5 Å². The summed E-state index contributed by atoms with van der Waals surface area (Å²) in [6.45, 7) is 2.12. The molecule has 10 heteroatoms. The lowest BCUT2D eigenvalue weighted by atomic mass is 9.84. The summed E-state index contributed by atoms with van der Waals surface area (Å²) in [5.74, 6) is -0.809. The van der Waals surface area contributed by atoms with Gasteiger partial charge >= 0.3 is 0 Å². The molecule has 0 aliphatic carbocycles. The van der Waals surface area contributed by atoms with Crippen LogP contribution in [0.2, 0.25) is 0 Å². The summed E-state index contributed by atoms with van der Waals surface area (Å²) in [7, 11) is -3.66. The summed E-state index contributed by atoms with van der Waals surface area (Å²) in [6, 6.07) is 7.86. The van der Waals surface area contributed by atoms with E-state index in [4.69, 9.17) is 0 Å². The molecule has 0 radical (unpaired) electrons. The molecule has 1 amide bonds. The molecule has 2 atom stereocenters. The molecule has 2 bridgehead atoms. The molecule has 30 heavy (non-hydrogen) atoms. The first-order valence-electron chi connectivity index (χ1n) is 9.56. The van der Waals surface area contributed by atoms with Crippen molar-refractivity contribution in [1.82, 2.24) is 15.2 Å². The molecule has 2 N–H and O–H groups in total. The third kappa shape index (κ3) is 4.43. The number of rotatable bonds is 5. The number of fused-ring (bicyclic) bond motifs is 4. The van der Waals surface area contributed by atoms with Crippen LogP contribution >= 0.6 is 12.4 Å². The van der Waals surface area contributed by atoms with Crippen molar-refractivity contribution in [3.8, 4) is 0 Å². The van der Waals surface area contributed by atoms with Crippen molar-refractivity contribution < 1.29 is 17.6 Å². The predicted molar refractivity (Wildman–Crippen MR) is 112 cm³/mol. The van der Waals surface area contributed by atoms with Crippen LogP contribution in [-0.2, 0) is 16.4 Å². The fourth-order valence-corrected chi connectivity index (χ4v) is 5.27. The van der Waals surface area contributed by atoms with Gasteiger partial charge in [-0.3, -0.25) is 9.59 Å². The Bertz CT molecular complexity index is 1100. The highest BCUT2D eigenvalue weighted by Gasteiger charge is 2.31. The quantitative estimate of drug-likeness (QED) is 0.663. The molecule has 3 heterocycles. The van der Waals surface area contributed by atoms with Crippen LogP contribution in [0, 0.1) is 11.7 Å². The highest BCUT2D eigenvalue weighted by atomic mass is 35.5. The van der Waals surface area contributed by atoms with Crippen molar-refractivity contribution >= 4 is 28.2 Å². The van der Waals surface area contributed by atoms with Crippen LogP contribution in [0.15, 0.2) is 46.1 Å². The second-order valence-electron chi connectivity index (χ2n) is 7.57. The standard InChI is InChI=1S/C20H22FN3O4S.ClH/c21-15-1-3-16(4-2-15)29(27,28)8-7-23-19(25)17-5-6-18-14-9-13(10-22-11-14)12-24(18)20(17)26;/h1-6,13-14,22H,7-12H2,(H,23,25);1H/t13-,14+;/m0./s1. The molecule has 2 aromatic rings. The van der Waals surface area contributed by atoms with E-state index in [1.165, 1.54) is 18.2 Å². The average Bonchev–Trinajstić information content (AvgIpc) is 2.69. The van der Waals surface area contributed by atoms with Gasteiger partial charge in [-0.25, -0.2) is 12.8 Å². The van der Waals surface area contributed by atoms with Crippen LogP contribution in [-0.4, -0.2) is 44.3 Å². The maximum Gasteiger partial charge on any atom is 0.263 e. The minimum Gasteiger partial charge on any atom is -0.351 e. The third-order valence-corrected chi connectivity index (χ3v) is 7.31. The number of halogens is 2. The SMILES string of the molecule is Cl.O=C(NCCS(=O)(=O)c1ccc(F)cc1)c1ccc2n(c1=O)C[C@@H]1CNC[C@H]2C1. The predicted octanol–water partition coefficient (Wildman–Crippen LogP) is 1.32. The van der Waals surface area contributed by atoms with Gasteiger partial charge in [0.05, 0.1) is 10.6 Å². The van der Waals surface area contributed by atoms with Crippen molar-refractivity contribution in [3.05, 3.63) is 63.8 Å². The number of nitrogens with one attached hydrogen (secondary N) is 2. The minimum atomic E-state index is -3.66. The van der Waals surface area contributed by atoms with Crippen molar-refractivity contribution in [2.45, 2.75) is 23.8 Å². The Labute approximate surface area is 180 Å². The van der Waals surface area contributed by atoms with Gasteiger partial charge in [-0.1, -0.05) is 0 Å². The molecule has 0 saturated carbocycles. The number of aromatic nitrogens is 1. The fraction of sp³-hybridized carbons (Fsp3) is 0.400. The number of hydrogen-bond donors (Lipinski definition) is 2. The monoisotopic (exact) mass is 455 g/mol. The maximum atomic E-state index is 13.0. The van der Waals surface area contributed by atoms with Gasteiger partial charge in [0.25, 0.3) is 11.5 Å². The molecule has 1 aromatic carbocycles. The molecule has 1 aromatic heterocycles. The third-order valence-electron chi connectivity index (χ3n) is 5.58. The molecule has 0 spiro atoms. The molecule has 2 aliphatic heterocycles. The Morgan fingerprint density at radius 2 is 1.90 bits per heavy atom. The van der Waals surface area contributed by atoms with Crippen molar-refractivity contribution in [1.29, 1.82) is 0 Å². The summed E-state index contributed by atoms with van der Waals surface area (Å²) >= 11 is 0. The van der Waals surface area contributed by atoms with E-state index in [0.717, 1.165) is 37.3 Å². The number of pyridine rings is 1. The van der Waals surface area contributed by atoms with Crippen LogP contribution < -0.4 is 16.2 Å². The molecule has 4 rings (SSSR count). The van der Waals surface area contributed by atoms with Crippen molar-refractivity contribution in [3.63, 3.8) is 0 Å². The fourth-order valence-electron chi connectivity index (χ4n) is 4.12. The van der Waals surface area contributed by atoms with E-state index < -0.39 is 21.6 Å². The van der Waals surface area contributed by atoms with E-state index >= 15 is 0 Å². The number of amides is 1. The van der Waals surface area contributed by atoms with Gasteiger partial charge in [-0.2, -0.15) is 0 Å². The lowest BCUT2D eigenvalue weighted by Gasteiger charge is -2.37. The second-order valence-corrected chi connectivity index (χ2v) is 9.68. The molecule has 1 fully saturated rings. The maximum absolute atomic E-state index is 13.0. The molecule has 162 valence electrons. The Morgan fingerprint density at radius 3 is 2.63 bits per heavy atom. The molecular weight excluding hydrogens is 433 g/mol. The average molecular weight is 456 g/mol. The van der Waals surface area contributed by atoms with Crippen LogP contribution in [0.3, 0.4) is 0 Å². The summed E-state index contributed by atoms with van der Waals surface area (Å²) in [6.07, 6.45) is 1.04. The highest BCUT2D eigenvalue weighted by molar-refractivity contribution is 7.91. The number of piperidine rings is 1. The number of nitrogens with zero attached hydrogens (tertiary/aromatic N) is 1. The number of carbonyl (C=O) groups excluding carboxylic acids is 1. The number of carbonyl (C=O) groups is 1.